The molecule has 0 aliphatic heterocycles. The van der Waals surface area contributed by atoms with E-state index in [1.54, 1.807) is 11.8 Å². The molecular weight excluding hydrogens is 228 g/mol. The first-order valence-electron chi connectivity index (χ1n) is 4.88. The molecule has 1 rings (SSSR count). The number of para-hydroxylation sites is 1. The van der Waals surface area contributed by atoms with E-state index in [0.717, 1.165) is 17.9 Å². The van der Waals surface area contributed by atoms with Crippen LogP contribution in [0.25, 0.3) is 0 Å². The summed E-state index contributed by atoms with van der Waals surface area (Å²) in [6, 6.07) is 9.62. The topological polar surface area (TPSA) is 9.23 Å². The summed E-state index contributed by atoms with van der Waals surface area (Å²) in [5.41, 5.74) is 0. The summed E-state index contributed by atoms with van der Waals surface area (Å²) in [7, 11) is 0. The van der Waals surface area contributed by atoms with Gasteiger partial charge in [0.15, 0.2) is 0 Å². The first-order chi connectivity index (χ1) is 7.20. The third kappa shape index (κ3) is 4.18. The Kier molecular flexibility index (Phi) is 5.06. The van der Waals surface area contributed by atoms with Crippen molar-refractivity contribution in [2.24, 2.45) is 0 Å². The molecule has 0 aliphatic rings. The number of thioether (sulfide) groups is 1. The highest BCUT2D eigenvalue weighted by Crippen LogP contribution is 2.35. The molecule has 0 aromatic heterocycles. The van der Waals surface area contributed by atoms with Crippen LogP contribution in [0.4, 0.5) is 0 Å². The fraction of sp³-hybridized carbons (Fsp3) is 0.333. The van der Waals surface area contributed by atoms with E-state index in [-0.39, 0.29) is 0 Å². The minimum atomic E-state index is -0.685. The van der Waals surface area contributed by atoms with Crippen LogP contribution in [0, 0.1) is 0 Å². The second kappa shape index (κ2) is 6.09. The predicted octanol–water partition coefficient (Wildman–Crippen LogP) is 4.29. The molecule has 0 radical (unpaired) electrons. The summed E-state index contributed by atoms with van der Waals surface area (Å²) in [4.78, 5) is 0. The Morgan fingerprint density at radius 1 is 1.47 bits per heavy atom. The maximum Gasteiger partial charge on any atom is 0.229 e. The van der Waals surface area contributed by atoms with Crippen molar-refractivity contribution >= 4 is 23.4 Å². The van der Waals surface area contributed by atoms with Gasteiger partial charge in [-0.3, -0.25) is 0 Å². The third-order valence-electron chi connectivity index (χ3n) is 1.85. The molecule has 1 atom stereocenters. The third-order valence-corrected chi connectivity index (χ3v) is 3.73. The molecule has 3 heteroatoms. The first-order valence-corrected chi connectivity index (χ1v) is 6.24. The van der Waals surface area contributed by atoms with Crippen molar-refractivity contribution in [3.8, 4) is 5.75 Å². The van der Waals surface area contributed by atoms with Crippen LogP contribution < -0.4 is 4.74 Å². The van der Waals surface area contributed by atoms with Gasteiger partial charge < -0.3 is 4.74 Å². The summed E-state index contributed by atoms with van der Waals surface area (Å²) in [6.45, 7) is 5.68. The largest absolute Gasteiger partial charge is 0.463 e. The highest BCUT2D eigenvalue weighted by molar-refractivity contribution is 8.01. The summed E-state index contributed by atoms with van der Waals surface area (Å²) in [6.07, 6.45) is 2.56. The lowest BCUT2D eigenvalue weighted by molar-refractivity contribution is 0.245. The Morgan fingerprint density at radius 2 is 2.13 bits per heavy atom. The van der Waals surface area contributed by atoms with Gasteiger partial charge in [-0.05, 0) is 12.1 Å². The average Bonchev–Trinajstić information content (AvgIpc) is 2.28. The van der Waals surface area contributed by atoms with Crippen LogP contribution in [-0.2, 0) is 0 Å². The Balaban J connectivity index is 2.63. The van der Waals surface area contributed by atoms with Gasteiger partial charge in [-0.1, -0.05) is 54.6 Å². The fourth-order valence-corrected chi connectivity index (χ4v) is 2.06. The molecule has 0 N–H and O–H groups in total. The zero-order chi connectivity index (χ0) is 11.1. The molecule has 1 nitrogen and oxygen atoms in total. The van der Waals surface area contributed by atoms with Gasteiger partial charge in [0.05, 0.1) is 0 Å². The molecule has 0 aliphatic carbocycles. The van der Waals surface area contributed by atoms with Gasteiger partial charge in [0.1, 0.15) is 5.75 Å². The number of benzene rings is 1. The zero-order valence-electron chi connectivity index (χ0n) is 8.78. The fourth-order valence-electron chi connectivity index (χ4n) is 1.05. The molecular formula is C12H15ClOS. The van der Waals surface area contributed by atoms with Crippen LogP contribution in [0.15, 0.2) is 43.0 Å². The molecule has 0 amide bonds. The molecule has 0 spiro atoms. The van der Waals surface area contributed by atoms with Crippen LogP contribution in [0.2, 0.25) is 0 Å². The summed E-state index contributed by atoms with van der Waals surface area (Å²) in [5.74, 6) is 1.58. The Labute approximate surface area is 100 Å². The van der Waals surface area contributed by atoms with Crippen LogP contribution in [0.3, 0.4) is 0 Å². The second-order valence-corrected chi connectivity index (χ2v) is 5.14. The molecule has 0 fully saturated rings. The normalized spacial score (nSPS) is 14.3. The molecule has 0 heterocycles. The van der Waals surface area contributed by atoms with Crippen LogP contribution in [0.1, 0.15) is 13.3 Å². The highest BCUT2D eigenvalue weighted by atomic mass is 35.5. The standard InChI is InChI=1S/C12H15ClOS/c1-3-10-15-12(13,4-2)14-11-8-6-5-7-9-11/h3,5-9H,1,4,10H2,2H3. The first kappa shape index (κ1) is 12.5. The van der Waals surface area contributed by atoms with Crippen molar-refractivity contribution in [1.29, 1.82) is 0 Å². The second-order valence-electron chi connectivity index (χ2n) is 3.03. The van der Waals surface area contributed by atoms with E-state index in [1.165, 1.54) is 0 Å². The number of alkyl halides is 1. The van der Waals surface area contributed by atoms with Crippen molar-refractivity contribution in [2.75, 3.05) is 5.75 Å². The highest BCUT2D eigenvalue weighted by Gasteiger charge is 2.27. The van der Waals surface area contributed by atoms with E-state index >= 15 is 0 Å². The number of hydrogen-bond donors (Lipinski definition) is 0. The lowest BCUT2D eigenvalue weighted by Crippen LogP contribution is -2.24. The van der Waals surface area contributed by atoms with Gasteiger partial charge in [-0.25, -0.2) is 0 Å². The number of rotatable bonds is 6. The number of halogens is 1. The van der Waals surface area contributed by atoms with E-state index in [2.05, 4.69) is 6.58 Å². The molecule has 0 saturated heterocycles. The van der Waals surface area contributed by atoms with Gasteiger partial charge in [0.25, 0.3) is 0 Å². The Morgan fingerprint density at radius 3 is 2.67 bits per heavy atom. The van der Waals surface area contributed by atoms with Gasteiger partial charge in [-0.2, -0.15) is 0 Å². The van der Waals surface area contributed by atoms with Crippen molar-refractivity contribution in [3.05, 3.63) is 43.0 Å². The summed E-state index contributed by atoms with van der Waals surface area (Å²) >= 11 is 7.87. The van der Waals surface area contributed by atoms with Crippen LogP contribution in [-0.4, -0.2) is 10.1 Å². The maximum absolute atomic E-state index is 6.33. The zero-order valence-corrected chi connectivity index (χ0v) is 10.4. The lowest BCUT2D eigenvalue weighted by Gasteiger charge is -2.25. The van der Waals surface area contributed by atoms with Gasteiger partial charge >= 0.3 is 0 Å². The smallest absolute Gasteiger partial charge is 0.229 e. The SMILES string of the molecule is C=CCSC(Cl)(CC)Oc1ccccc1. The Hall–Kier alpha value is -0.600. The molecule has 15 heavy (non-hydrogen) atoms. The van der Waals surface area contributed by atoms with Crippen molar-refractivity contribution in [2.45, 2.75) is 17.7 Å². The van der Waals surface area contributed by atoms with Gasteiger partial charge in [0.2, 0.25) is 4.39 Å². The quantitative estimate of drug-likeness (QED) is 0.418. The lowest BCUT2D eigenvalue weighted by atomic mass is 10.3. The van der Waals surface area contributed by atoms with Gasteiger partial charge in [0, 0.05) is 12.2 Å². The van der Waals surface area contributed by atoms with Gasteiger partial charge in [-0.15, -0.1) is 6.58 Å². The van der Waals surface area contributed by atoms with Crippen molar-refractivity contribution in [1.82, 2.24) is 0 Å². The Bertz CT molecular complexity index is 302. The van der Waals surface area contributed by atoms with E-state index < -0.39 is 4.39 Å². The van der Waals surface area contributed by atoms with Crippen molar-refractivity contribution < 1.29 is 4.74 Å². The number of ether oxygens (including phenoxy) is 1. The molecule has 0 bridgehead atoms. The van der Waals surface area contributed by atoms with E-state index in [0.29, 0.717) is 0 Å². The van der Waals surface area contributed by atoms with Crippen LogP contribution in [0.5, 0.6) is 5.75 Å². The van der Waals surface area contributed by atoms with Crippen LogP contribution >= 0.6 is 23.4 Å². The van der Waals surface area contributed by atoms with E-state index in [9.17, 15) is 0 Å². The molecule has 1 aromatic rings. The minimum Gasteiger partial charge on any atom is -0.463 e. The molecule has 1 unspecified atom stereocenters. The monoisotopic (exact) mass is 242 g/mol. The van der Waals surface area contributed by atoms with E-state index in [4.69, 9.17) is 16.3 Å². The van der Waals surface area contributed by atoms with E-state index in [1.807, 2.05) is 43.3 Å². The molecule has 82 valence electrons. The average molecular weight is 243 g/mol. The summed E-state index contributed by atoms with van der Waals surface area (Å²) < 4.78 is 5.05. The predicted molar refractivity (Wildman–Crippen MR) is 68.6 cm³/mol. The molecule has 1 aromatic carbocycles. The summed E-state index contributed by atoms with van der Waals surface area (Å²) in [5, 5.41) is 0. The van der Waals surface area contributed by atoms with Crippen molar-refractivity contribution in [3.63, 3.8) is 0 Å². The number of hydrogen-bond acceptors (Lipinski definition) is 2. The molecule has 0 saturated carbocycles. The minimum absolute atomic E-state index is 0.685. The maximum atomic E-state index is 6.33.